The van der Waals surface area contributed by atoms with Gasteiger partial charge in [0.25, 0.3) is 5.91 Å². The molecular weight excluding hydrogens is 370 g/mol. The second-order valence-corrected chi connectivity index (χ2v) is 7.21. The van der Waals surface area contributed by atoms with Gasteiger partial charge in [-0.1, -0.05) is 15.9 Å². The number of rotatable bonds is 6. The Balaban J connectivity index is 1.65. The van der Waals surface area contributed by atoms with Crippen LogP contribution in [0, 0.1) is 5.92 Å². The molecule has 2 aromatic rings. The minimum atomic E-state index is -0.344. The number of nitrogens with two attached hydrogens (primary N) is 1. The van der Waals surface area contributed by atoms with Crippen molar-refractivity contribution >= 4 is 21.8 Å². The van der Waals surface area contributed by atoms with E-state index in [0.717, 1.165) is 17.3 Å². The summed E-state index contributed by atoms with van der Waals surface area (Å²) in [6, 6.07) is 10.9. The van der Waals surface area contributed by atoms with E-state index >= 15 is 0 Å². The number of pyridine rings is 1. The number of hydrogen-bond donors (Lipinski definition) is 2. The molecule has 1 unspecified atom stereocenters. The number of carbonyl (C=O) groups excluding carboxylic acids is 1. The summed E-state index contributed by atoms with van der Waals surface area (Å²) in [6.45, 7) is 2.43. The first-order valence-corrected chi connectivity index (χ1v) is 8.71. The number of nitrogens with one attached hydrogen (secondary N) is 1. The van der Waals surface area contributed by atoms with Gasteiger partial charge in [-0.2, -0.15) is 0 Å². The summed E-state index contributed by atoms with van der Waals surface area (Å²) < 4.78 is 6.63. The highest BCUT2D eigenvalue weighted by atomic mass is 79.9. The standard InChI is InChI=1S/C18H20BrN3O2/c1-18(11-20,13-3-4-13)22-17(23)12-2-9-16(21-10-12)24-15-7-5-14(19)6-8-15/h2,5-10,13H,3-4,11,20H2,1H3,(H,22,23). The molecule has 126 valence electrons. The summed E-state index contributed by atoms with van der Waals surface area (Å²) >= 11 is 3.38. The lowest BCUT2D eigenvalue weighted by molar-refractivity contribution is 0.0897. The van der Waals surface area contributed by atoms with Crippen LogP contribution in [0.5, 0.6) is 11.6 Å². The van der Waals surface area contributed by atoms with Crippen molar-refractivity contribution in [2.75, 3.05) is 6.54 Å². The first-order chi connectivity index (χ1) is 11.5. The smallest absolute Gasteiger partial charge is 0.253 e. The average molecular weight is 390 g/mol. The van der Waals surface area contributed by atoms with E-state index in [1.54, 1.807) is 12.1 Å². The summed E-state index contributed by atoms with van der Waals surface area (Å²) in [5.74, 6) is 1.45. The Morgan fingerprint density at radius 2 is 2.04 bits per heavy atom. The first-order valence-electron chi connectivity index (χ1n) is 7.92. The van der Waals surface area contributed by atoms with E-state index in [4.69, 9.17) is 10.5 Å². The number of halogens is 1. The van der Waals surface area contributed by atoms with Crippen molar-refractivity contribution in [2.24, 2.45) is 11.7 Å². The Hall–Kier alpha value is -1.92. The minimum absolute atomic E-state index is 0.155. The number of carbonyl (C=O) groups is 1. The number of nitrogens with zero attached hydrogens (tertiary/aromatic N) is 1. The molecule has 6 heteroatoms. The van der Waals surface area contributed by atoms with Crippen LogP contribution in [-0.2, 0) is 0 Å². The number of hydrogen-bond acceptors (Lipinski definition) is 4. The molecule has 1 aromatic carbocycles. The Kier molecular flexibility index (Phi) is 4.87. The van der Waals surface area contributed by atoms with Gasteiger partial charge in [0.15, 0.2) is 0 Å². The molecule has 0 bridgehead atoms. The molecule has 3 N–H and O–H groups in total. The van der Waals surface area contributed by atoms with E-state index in [-0.39, 0.29) is 11.4 Å². The first kappa shape index (κ1) is 16.9. The van der Waals surface area contributed by atoms with Crippen molar-refractivity contribution in [3.63, 3.8) is 0 Å². The van der Waals surface area contributed by atoms with E-state index in [9.17, 15) is 4.79 Å². The third-order valence-corrected chi connectivity index (χ3v) is 4.86. The molecule has 3 rings (SSSR count). The lowest BCUT2D eigenvalue weighted by Gasteiger charge is -2.29. The Morgan fingerprint density at radius 1 is 1.33 bits per heavy atom. The van der Waals surface area contributed by atoms with Crippen LogP contribution in [0.15, 0.2) is 47.1 Å². The molecule has 1 heterocycles. The van der Waals surface area contributed by atoms with E-state index in [0.29, 0.717) is 29.7 Å². The molecule has 1 amide bonds. The van der Waals surface area contributed by atoms with Gasteiger partial charge in [0.1, 0.15) is 5.75 Å². The molecule has 1 aliphatic rings. The lowest BCUT2D eigenvalue weighted by Crippen LogP contribution is -2.53. The number of amides is 1. The summed E-state index contributed by atoms with van der Waals surface area (Å²) in [7, 11) is 0. The summed E-state index contributed by atoms with van der Waals surface area (Å²) in [4.78, 5) is 16.6. The van der Waals surface area contributed by atoms with Crippen LogP contribution in [0.3, 0.4) is 0 Å². The van der Waals surface area contributed by atoms with Crippen molar-refractivity contribution < 1.29 is 9.53 Å². The van der Waals surface area contributed by atoms with E-state index < -0.39 is 0 Å². The fraction of sp³-hybridized carbons (Fsp3) is 0.333. The van der Waals surface area contributed by atoms with Crippen LogP contribution in [-0.4, -0.2) is 23.0 Å². The normalized spacial score (nSPS) is 16.3. The zero-order chi connectivity index (χ0) is 17.2. The molecule has 1 saturated carbocycles. The fourth-order valence-electron chi connectivity index (χ4n) is 2.57. The Bertz CT molecular complexity index is 714. The third-order valence-electron chi connectivity index (χ3n) is 4.34. The fourth-order valence-corrected chi connectivity index (χ4v) is 2.83. The van der Waals surface area contributed by atoms with Gasteiger partial charge in [0.05, 0.1) is 11.1 Å². The van der Waals surface area contributed by atoms with Crippen LogP contribution >= 0.6 is 15.9 Å². The van der Waals surface area contributed by atoms with Crippen LogP contribution in [0.4, 0.5) is 0 Å². The van der Waals surface area contributed by atoms with Crippen molar-refractivity contribution in [3.05, 3.63) is 52.6 Å². The second-order valence-electron chi connectivity index (χ2n) is 6.29. The predicted octanol–water partition coefficient (Wildman–Crippen LogP) is 3.49. The zero-order valence-electron chi connectivity index (χ0n) is 13.5. The molecule has 24 heavy (non-hydrogen) atoms. The van der Waals surface area contributed by atoms with Crippen molar-refractivity contribution in [3.8, 4) is 11.6 Å². The monoisotopic (exact) mass is 389 g/mol. The van der Waals surface area contributed by atoms with Gasteiger partial charge >= 0.3 is 0 Å². The molecule has 0 saturated heterocycles. The maximum absolute atomic E-state index is 12.4. The number of aromatic nitrogens is 1. The summed E-state index contributed by atoms with van der Waals surface area (Å²) in [6.07, 6.45) is 3.76. The van der Waals surface area contributed by atoms with Crippen LogP contribution < -0.4 is 15.8 Å². The maximum Gasteiger partial charge on any atom is 0.253 e. The van der Waals surface area contributed by atoms with E-state index in [2.05, 4.69) is 26.2 Å². The molecule has 1 fully saturated rings. The highest BCUT2D eigenvalue weighted by Gasteiger charge is 2.41. The van der Waals surface area contributed by atoms with Gasteiger partial charge < -0.3 is 15.8 Å². The van der Waals surface area contributed by atoms with Crippen molar-refractivity contribution in [2.45, 2.75) is 25.3 Å². The van der Waals surface area contributed by atoms with E-state index in [1.807, 2.05) is 31.2 Å². The molecule has 1 aliphatic carbocycles. The molecule has 1 atom stereocenters. The molecule has 0 aliphatic heterocycles. The van der Waals surface area contributed by atoms with Gasteiger partial charge in [-0.25, -0.2) is 4.98 Å². The molecular formula is C18H20BrN3O2. The van der Waals surface area contributed by atoms with Gasteiger partial charge in [-0.05, 0) is 56.0 Å². The quantitative estimate of drug-likeness (QED) is 0.792. The van der Waals surface area contributed by atoms with Gasteiger partial charge in [0.2, 0.25) is 5.88 Å². The second kappa shape index (κ2) is 6.91. The van der Waals surface area contributed by atoms with Crippen LogP contribution in [0.25, 0.3) is 0 Å². The maximum atomic E-state index is 12.4. The van der Waals surface area contributed by atoms with Gasteiger partial charge in [-0.3, -0.25) is 4.79 Å². The van der Waals surface area contributed by atoms with Gasteiger partial charge in [0, 0.05) is 23.3 Å². The molecule has 0 radical (unpaired) electrons. The van der Waals surface area contributed by atoms with E-state index in [1.165, 1.54) is 6.20 Å². The van der Waals surface area contributed by atoms with Crippen LogP contribution in [0.2, 0.25) is 0 Å². The minimum Gasteiger partial charge on any atom is -0.439 e. The summed E-state index contributed by atoms with van der Waals surface area (Å²) in [5, 5.41) is 3.05. The highest BCUT2D eigenvalue weighted by molar-refractivity contribution is 9.10. The SMILES string of the molecule is CC(CN)(NC(=O)c1ccc(Oc2ccc(Br)cc2)nc1)C1CC1. The molecule has 0 spiro atoms. The predicted molar refractivity (Wildman–Crippen MR) is 96.1 cm³/mol. The van der Waals surface area contributed by atoms with Crippen molar-refractivity contribution in [1.29, 1.82) is 0 Å². The Labute approximate surface area is 149 Å². The zero-order valence-corrected chi connectivity index (χ0v) is 15.0. The lowest BCUT2D eigenvalue weighted by atomic mass is 9.95. The largest absolute Gasteiger partial charge is 0.439 e. The third kappa shape index (κ3) is 3.94. The van der Waals surface area contributed by atoms with Gasteiger partial charge in [-0.15, -0.1) is 0 Å². The topological polar surface area (TPSA) is 77.2 Å². The average Bonchev–Trinajstić information content (AvgIpc) is 3.43. The number of benzene rings is 1. The molecule has 1 aromatic heterocycles. The summed E-state index contributed by atoms with van der Waals surface area (Å²) in [5.41, 5.74) is 6.00. The van der Waals surface area contributed by atoms with Crippen LogP contribution in [0.1, 0.15) is 30.1 Å². The Morgan fingerprint density at radius 3 is 2.58 bits per heavy atom. The highest BCUT2D eigenvalue weighted by Crippen LogP contribution is 2.39. The van der Waals surface area contributed by atoms with Crippen molar-refractivity contribution in [1.82, 2.24) is 10.3 Å². The molecule has 5 nitrogen and oxygen atoms in total. The number of ether oxygens (including phenoxy) is 1.